The van der Waals surface area contributed by atoms with Crippen molar-refractivity contribution in [3.63, 3.8) is 0 Å². The second-order valence-corrected chi connectivity index (χ2v) is 7.41. The average molecular weight is 387 g/mol. The molecular weight excluding hydrogens is 352 g/mol. The minimum atomic E-state index is 0.144. The Kier molecular flexibility index (Phi) is 8.94. The van der Waals surface area contributed by atoms with E-state index >= 15 is 0 Å². The van der Waals surface area contributed by atoms with Gasteiger partial charge in [0.2, 0.25) is 0 Å². The molecule has 7 nitrogen and oxygen atoms in total. The van der Waals surface area contributed by atoms with E-state index < -0.39 is 0 Å². The highest BCUT2D eigenvalue weighted by atomic mass is 16.5. The van der Waals surface area contributed by atoms with Gasteiger partial charge in [-0.3, -0.25) is 0 Å². The number of ether oxygens (including phenoxy) is 1. The third-order valence-electron chi connectivity index (χ3n) is 4.42. The Morgan fingerprint density at radius 2 is 1.93 bits per heavy atom. The van der Waals surface area contributed by atoms with Crippen molar-refractivity contribution in [3.05, 3.63) is 47.5 Å². The molecule has 0 aliphatic rings. The first-order chi connectivity index (χ1) is 13.5. The molecule has 0 amide bonds. The van der Waals surface area contributed by atoms with Gasteiger partial charge in [0.1, 0.15) is 12.4 Å². The van der Waals surface area contributed by atoms with Crippen LogP contribution in [0, 0.1) is 12.8 Å². The Balaban J connectivity index is 1.94. The van der Waals surface area contributed by atoms with Crippen molar-refractivity contribution in [1.29, 1.82) is 0 Å². The highest BCUT2D eigenvalue weighted by Crippen LogP contribution is 2.11. The predicted octanol–water partition coefficient (Wildman–Crippen LogP) is 2.98. The Hall–Kier alpha value is -2.41. The second kappa shape index (κ2) is 11.4. The van der Waals surface area contributed by atoms with Gasteiger partial charge in [0.25, 0.3) is 0 Å². The molecule has 28 heavy (non-hydrogen) atoms. The molecule has 154 valence electrons. The molecule has 1 heterocycles. The van der Waals surface area contributed by atoms with Gasteiger partial charge >= 0.3 is 0 Å². The van der Waals surface area contributed by atoms with Crippen LogP contribution in [0.5, 0.6) is 0 Å². The fraction of sp³-hybridized carbons (Fsp3) is 0.571. The fourth-order valence-corrected chi connectivity index (χ4v) is 2.62. The third kappa shape index (κ3) is 7.31. The molecule has 0 saturated heterocycles. The molecule has 2 N–H and O–H groups in total. The summed E-state index contributed by atoms with van der Waals surface area (Å²) in [5.74, 6) is 3.05. The SMILES string of the molecule is Cc1nnc(CN=C(NCCCOCC(C)C)NC(C)c2ccccc2)n1C. The zero-order valence-electron chi connectivity index (χ0n) is 17.8. The largest absolute Gasteiger partial charge is 0.381 e. The van der Waals surface area contributed by atoms with Crippen molar-refractivity contribution in [2.24, 2.45) is 18.0 Å². The summed E-state index contributed by atoms with van der Waals surface area (Å²) >= 11 is 0. The van der Waals surface area contributed by atoms with Crippen LogP contribution in [0.25, 0.3) is 0 Å². The minimum absolute atomic E-state index is 0.144. The topological polar surface area (TPSA) is 76.4 Å². The van der Waals surface area contributed by atoms with Gasteiger partial charge in [0.05, 0.1) is 6.04 Å². The molecular formula is C21H34N6O. The molecule has 2 rings (SSSR count). The van der Waals surface area contributed by atoms with Crippen LogP contribution < -0.4 is 10.6 Å². The first-order valence-electron chi connectivity index (χ1n) is 9.99. The summed E-state index contributed by atoms with van der Waals surface area (Å²) in [5.41, 5.74) is 1.21. The maximum atomic E-state index is 5.65. The van der Waals surface area contributed by atoms with Gasteiger partial charge in [-0.15, -0.1) is 10.2 Å². The third-order valence-corrected chi connectivity index (χ3v) is 4.42. The molecule has 2 aromatic rings. The van der Waals surface area contributed by atoms with E-state index in [4.69, 9.17) is 9.73 Å². The van der Waals surface area contributed by atoms with Crippen molar-refractivity contribution in [3.8, 4) is 0 Å². The molecule has 0 bridgehead atoms. The smallest absolute Gasteiger partial charge is 0.192 e. The number of guanidine groups is 1. The highest BCUT2D eigenvalue weighted by Gasteiger charge is 2.09. The van der Waals surface area contributed by atoms with Crippen molar-refractivity contribution in [1.82, 2.24) is 25.4 Å². The summed E-state index contributed by atoms with van der Waals surface area (Å²) in [7, 11) is 1.96. The monoisotopic (exact) mass is 386 g/mol. The summed E-state index contributed by atoms with van der Waals surface area (Å²) < 4.78 is 7.61. The van der Waals surface area contributed by atoms with Crippen molar-refractivity contribution in [2.45, 2.75) is 46.7 Å². The fourth-order valence-electron chi connectivity index (χ4n) is 2.62. The maximum Gasteiger partial charge on any atom is 0.192 e. The maximum absolute atomic E-state index is 5.65. The van der Waals surface area contributed by atoms with Crippen LogP contribution >= 0.6 is 0 Å². The van der Waals surface area contributed by atoms with Crippen LogP contribution in [-0.4, -0.2) is 40.5 Å². The van der Waals surface area contributed by atoms with Crippen LogP contribution in [0.3, 0.4) is 0 Å². The average Bonchev–Trinajstić information content (AvgIpc) is 3.01. The molecule has 0 fully saturated rings. The number of benzene rings is 1. The van der Waals surface area contributed by atoms with E-state index in [1.807, 2.05) is 36.7 Å². The first-order valence-corrected chi connectivity index (χ1v) is 9.99. The van der Waals surface area contributed by atoms with E-state index in [1.54, 1.807) is 0 Å². The van der Waals surface area contributed by atoms with Crippen molar-refractivity contribution in [2.75, 3.05) is 19.8 Å². The highest BCUT2D eigenvalue weighted by molar-refractivity contribution is 5.80. The van der Waals surface area contributed by atoms with Crippen molar-refractivity contribution >= 4 is 5.96 Å². The van der Waals surface area contributed by atoms with E-state index in [2.05, 4.69) is 53.7 Å². The number of aromatic nitrogens is 3. The molecule has 0 aliphatic carbocycles. The molecule has 7 heteroatoms. The van der Waals surface area contributed by atoms with E-state index in [9.17, 15) is 0 Å². The summed E-state index contributed by atoms with van der Waals surface area (Å²) in [4.78, 5) is 4.71. The van der Waals surface area contributed by atoms with Gasteiger partial charge in [-0.05, 0) is 31.7 Å². The Morgan fingerprint density at radius 1 is 1.18 bits per heavy atom. The van der Waals surface area contributed by atoms with Crippen LogP contribution in [0.15, 0.2) is 35.3 Å². The standard InChI is InChI=1S/C21H34N6O/c1-16(2)15-28-13-9-12-22-21(23-14-20-26-25-18(4)27(20)5)24-17(3)19-10-7-6-8-11-19/h6-8,10-11,16-17H,9,12-15H2,1-5H3,(H2,22,23,24). The first kappa shape index (κ1) is 21.9. The lowest BCUT2D eigenvalue weighted by atomic mass is 10.1. The molecule has 0 aliphatic heterocycles. The minimum Gasteiger partial charge on any atom is -0.381 e. The van der Waals surface area contributed by atoms with E-state index in [-0.39, 0.29) is 6.04 Å². The van der Waals surface area contributed by atoms with Gasteiger partial charge < -0.3 is 19.9 Å². The predicted molar refractivity (Wildman–Crippen MR) is 113 cm³/mol. The summed E-state index contributed by atoms with van der Waals surface area (Å²) in [5, 5.41) is 15.2. The van der Waals surface area contributed by atoms with E-state index in [1.165, 1.54) is 5.56 Å². The van der Waals surface area contributed by atoms with E-state index in [0.29, 0.717) is 12.5 Å². The number of rotatable bonds is 10. The van der Waals surface area contributed by atoms with E-state index in [0.717, 1.165) is 43.8 Å². The van der Waals surface area contributed by atoms with Gasteiger partial charge in [-0.1, -0.05) is 44.2 Å². The lowest BCUT2D eigenvalue weighted by molar-refractivity contribution is 0.108. The number of hydrogen-bond acceptors (Lipinski definition) is 4. The molecule has 0 saturated carbocycles. The van der Waals surface area contributed by atoms with Crippen LogP contribution in [0.4, 0.5) is 0 Å². The zero-order chi connectivity index (χ0) is 20.4. The van der Waals surface area contributed by atoms with Gasteiger partial charge in [-0.25, -0.2) is 4.99 Å². The lowest BCUT2D eigenvalue weighted by Crippen LogP contribution is -2.39. The number of nitrogens with zero attached hydrogens (tertiary/aromatic N) is 4. The Bertz CT molecular complexity index is 726. The molecule has 0 spiro atoms. The lowest BCUT2D eigenvalue weighted by Gasteiger charge is -2.19. The molecule has 1 unspecified atom stereocenters. The number of hydrogen-bond donors (Lipinski definition) is 2. The number of nitrogens with one attached hydrogen (secondary N) is 2. The Labute approximate surface area is 168 Å². The van der Waals surface area contributed by atoms with Crippen LogP contribution in [0.1, 0.15) is 50.4 Å². The molecule has 0 radical (unpaired) electrons. The molecule has 1 atom stereocenters. The normalized spacial score (nSPS) is 13.0. The quantitative estimate of drug-likeness (QED) is 0.373. The summed E-state index contributed by atoms with van der Waals surface area (Å²) in [6.07, 6.45) is 0.927. The van der Waals surface area contributed by atoms with Gasteiger partial charge in [0, 0.05) is 26.8 Å². The second-order valence-electron chi connectivity index (χ2n) is 7.41. The Morgan fingerprint density at radius 3 is 2.57 bits per heavy atom. The van der Waals surface area contributed by atoms with Gasteiger partial charge in [-0.2, -0.15) is 0 Å². The van der Waals surface area contributed by atoms with Gasteiger partial charge in [0.15, 0.2) is 11.8 Å². The van der Waals surface area contributed by atoms with Crippen molar-refractivity contribution < 1.29 is 4.74 Å². The van der Waals surface area contributed by atoms with Crippen LogP contribution in [-0.2, 0) is 18.3 Å². The summed E-state index contributed by atoms with van der Waals surface area (Å²) in [6, 6.07) is 10.5. The molecule has 1 aromatic carbocycles. The molecule has 1 aromatic heterocycles. The van der Waals surface area contributed by atoms with Crippen LogP contribution in [0.2, 0.25) is 0 Å². The number of aliphatic imine (C=N–C) groups is 1. The zero-order valence-corrected chi connectivity index (χ0v) is 17.8. The summed E-state index contributed by atoms with van der Waals surface area (Å²) in [6.45, 7) is 11.2. The number of aryl methyl sites for hydroxylation is 1.